The van der Waals surface area contributed by atoms with Crippen LogP contribution in [-0.4, -0.2) is 11.9 Å². The molecule has 0 saturated heterocycles. The summed E-state index contributed by atoms with van der Waals surface area (Å²) < 4.78 is 0. The van der Waals surface area contributed by atoms with Crippen LogP contribution in [0.25, 0.3) is 11.1 Å². The molecule has 0 spiro atoms. The summed E-state index contributed by atoms with van der Waals surface area (Å²) in [6.07, 6.45) is 0. The SMILES string of the molecule is Cc1cccc(N[C@H](C)C(=O)Nc2ccccc2-c2ccccc2)c1. The van der Waals surface area contributed by atoms with Crippen LogP contribution in [0.2, 0.25) is 0 Å². The highest BCUT2D eigenvalue weighted by Gasteiger charge is 2.15. The number of hydrogen-bond donors (Lipinski definition) is 2. The molecule has 0 unspecified atom stereocenters. The molecule has 2 N–H and O–H groups in total. The van der Waals surface area contributed by atoms with Crippen molar-refractivity contribution in [3.05, 3.63) is 84.4 Å². The van der Waals surface area contributed by atoms with Gasteiger partial charge in [-0.05, 0) is 43.2 Å². The van der Waals surface area contributed by atoms with Crippen LogP contribution in [-0.2, 0) is 4.79 Å². The zero-order chi connectivity index (χ0) is 17.6. The van der Waals surface area contributed by atoms with Crippen LogP contribution in [0.3, 0.4) is 0 Å². The Hall–Kier alpha value is -3.07. The number of carbonyl (C=O) groups excluding carboxylic acids is 1. The minimum Gasteiger partial charge on any atom is -0.374 e. The third kappa shape index (κ3) is 4.27. The molecule has 0 aliphatic heterocycles. The number of para-hydroxylation sites is 1. The third-order valence-electron chi connectivity index (χ3n) is 4.06. The second kappa shape index (κ2) is 7.67. The molecule has 1 amide bonds. The predicted molar refractivity (Wildman–Crippen MR) is 105 cm³/mol. The van der Waals surface area contributed by atoms with Crippen LogP contribution in [0.15, 0.2) is 78.9 Å². The maximum absolute atomic E-state index is 12.6. The van der Waals surface area contributed by atoms with Gasteiger partial charge in [-0.1, -0.05) is 60.7 Å². The molecule has 0 aliphatic carbocycles. The first kappa shape index (κ1) is 16.8. The van der Waals surface area contributed by atoms with E-state index in [1.165, 1.54) is 0 Å². The average molecular weight is 330 g/mol. The molecule has 126 valence electrons. The first-order chi connectivity index (χ1) is 12.1. The van der Waals surface area contributed by atoms with Crippen molar-refractivity contribution >= 4 is 17.3 Å². The van der Waals surface area contributed by atoms with Crippen LogP contribution >= 0.6 is 0 Å². The van der Waals surface area contributed by atoms with Gasteiger partial charge in [-0.25, -0.2) is 0 Å². The molecule has 0 heterocycles. The van der Waals surface area contributed by atoms with Crippen molar-refractivity contribution in [3.8, 4) is 11.1 Å². The molecule has 3 nitrogen and oxygen atoms in total. The summed E-state index contributed by atoms with van der Waals surface area (Å²) >= 11 is 0. The van der Waals surface area contributed by atoms with Crippen molar-refractivity contribution in [1.29, 1.82) is 0 Å². The van der Waals surface area contributed by atoms with E-state index in [1.807, 2.05) is 92.7 Å². The van der Waals surface area contributed by atoms with Crippen molar-refractivity contribution in [3.63, 3.8) is 0 Å². The molecule has 0 bridgehead atoms. The van der Waals surface area contributed by atoms with Crippen molar-refractivity contribution in [2.75, 3.05) is 10.6 Å². The Labute approximate surface area is 148 Å². The standard InChI is InChI=1S/C22H22N2O/c1-16-9-8-12-19(15-16)23-17(2)22(25)24-21-14-7-6-13-20(21)18-10-4-3-5-11-18/h3-15,17,23H,1-2H3,(H,24,25)/t17-/m1/s1. The number of carbonyl (C=O) groups is 1. The Morgan fingerprint density at radius 2 is 1.60 bits per heavy atom. The van der Waals surface area contributed by atoms with Crippen LogP contribution in [0.1, 0.15) is 12.5 Å². The number of amides is 1. The lowest BCUT2D eigenvalue weighted by atomic mass is 10.0. The Morgan fingerprint density at radius 1 is 0.880 bits per heavy atom. The van der Waals surface area contributed by atoms with Gasteiger partial charge >= 0.3 is 0 Å². The normalized spacial score (nSPS) is 11.6. The second-order valence-electron chi connectivity index (χ2n) is 6.14. The summed E-state index contributed by atoms with van der Waals surface area (Å²) in [6, 6.07) is 25.6. The maximum atomic E-state index is 12.6. The highest BCUT2D eigenvalue weighted by atomic mass is 16.2. The molecule has 0 fully saturated rings. The van der Waals surface area contributed by atoms with Crippen molar-refractivity contribution < 1.29 is 4.79 Å². The fourth-order valence-corrected chi connectivity index (χ4v) is 2.75. The van der Waals surface area contributed by atoms with E-state index in [9.17, 15) is 4.79 Å². The molecule has 0 aliphatic rings. The summed E-state index contributed by atoms with van der Waals surface area (Å²) in [7, 11) is 0. The molecule has 3 aromatic carbocycles. The first-order valence-electron chi connectivity index (χ1n) is 8.42. The summed E-state index contributed by atoms with van der Waals surface area (Å²) in [5, 5.41) is 6.29. The minimum atomic E-state index is -0.342. The molecule has 1 atom stereocenters. The smallest absolute Gasteiger partial charge is 0.246 e. The molecular formula is C22H22N2O. The summed E-state index contributed by atoms with van der Waals surface area (Å²) in [6.45, 7) is 3.90. The molecule has 3 aromatic rings. The van der Waals surface area contributed by atoms with Gasteiger partial charge in [-0.15, -0.1) is 0 Å². The van der Waals surface area contributed by atoms with Gasteiger partial charge in [0.1, 0.15) is 6.04 Å². The van der Waals surface area contributed by atoms with E-state index in [1.54, 1.807) is 0 Å². The Balaban J connectivity index is 1.75. The van der Waals surface area contributed by atoms with E-state index in [0.717, 1.165) is 28.1 Å². The van der Waals surface area contributed by atoms with Gasteiger partial charge in [-0.2, -0.15) is 0 Å². The lowest BCUT2D eigenvalue weighted by Gasteiger charge is -2.17. The van der Waals surface area contributed by atoms with Gasteiger partial charge < -0.3 is 10.6 Å². The number of hydrogen-bond acceptors (Lipinski definition) is 2. The Kier molecular flexibility index (Phi) is 5.14. The number of anilines is 2. The van der Waals surface area contributed by atoms with Crippen LogP contribution < -0.4 is 10.6 Å². The number of aryl methyl sites for hydroxylation is 1. The van der Waals surface area contributed by atoms with Gasteiger partial charge in [0.05, 0.1) is 0 Å². The van der Waals surface area contributed by atoms with Crippen molar-refractivity contribution in [2.45, 2.75) is 19.9 Å². The fourth-order valence-electron chi connectivity index (χ4n) is 2.75. The minimum absolute atomic E-state index is 0.0649. The third-order valence-corrected chi connectivity index (χ3v) is 4.06. The van der Waals surface area contributed by atoms with Crippen molar-refractivity contribution in [1.82, 2.24) is 0 Å². The number of nitrogens with one attached hydrogen (secondary N) is 2. The van der Waals surface area contributed by atoms with Gasteiger partial charge in [0.2, 0.25) is 5.91 Å². The van der Waals surface area contributed by atoms with Gasteiger partial charge in [-0.3, -0.25) is 4.79 Å². The average Bonchev–Trinajstić information content (AvgIpc) is 2.63. The molecule has 0 saturated carbocycles. The topological polar surface area (TPSA) is 41.1 Å². The Morgan fingerprint density at radius 3 is 2.36 bits per heavy atom. The zero-order valence-electron chi connectivity index (χ0n) is 14.5. The largest absolute Gasteiger partial charge is 0.374 e. The lowest BCUT2D eigenvalue weighted by Crippen LogP contribution is -2.32. The molecule has 25 heavy (non-hydrogen) atoms. The van der Waals surface area contributed by atoms with Crippen molar-refractivity contribution in [2.24, 2.45) is 0 Å². The Bertz CT molecular complexity index is 859. The monoisotopic (exact) mass is 330 g/mol. The molecule has 0 aromatic heterocycles. The highest BCUT2D eigenvalue weighted by Crippen LogP contribution is 2.27. The maximum Gasteiger partial charge on any atom is 0.246 e. The van der Waals surface area contributed by atoms with Crippen LogP contribution in [0, 0.1) is 6.92 Å². The van der Waals surface area contributed by atoms with Gasteiger partial charge in [0.25, 0.3) is 0 Å². The van der Waals surface area contributed by atoms with E-state index in [-0.39, 0.29) is 11.9 Å². The number of benzene rings is 3. The van der Waals surface area contributed by atoms with Crippen LogP contribution in [0.4, 0.5) is 11.4 Å². The second-order valence-corrected chi connectivity index (χ2v) is 6.14. The van der Waals surface area contributed by atoms with E-state index in [4.69, 9.17) is 0 Å². The van der Waals surface area contributed by atoms with E-state index >= 15 is 0 Å². The molecule has 0 radical (unpaired) electrons. The van der Waals surface area contributed by atoms with E-state index < -0.39 is 0 Å². The zero-order valence-corrected chi connectivity index (χ0v) is 14.5. The highest BCUT2D eigenvalue weighted by molar-refractivity contribution is 5.99. The summed E-state index contributed by atoms with van der Waals surface area (Å²) in [5.74, 6) is -0.0649. The lowest BCUT2D eigenvalue weighted by molar-refractivity contribution is -0.116. The number of rotatable bonds is 5. The van der Waals surface area contributed by atoms with Gasteiger partial charge in [0, 0.05) is 16.9 Å². The molecular weight excluding hydrogens is 308 g/mol. The van der Waals surface area contributed by atoms with Crippen LogP contribution in [0.5, 0.6) is 0 Å². The van der Waals surface area contributed by atoms with Gasteiger partial charge in [0.15, 0.2) is 0 Å². The van der Waals surface area contributed by atoms with E-state index in [0.29, 0.717) is 0 Å². The summed E-state index contributed by atoms with van der Waals surface area (Å²) in [4.78, 5) is 12.6. The van der Waals surface area contributed by atoms with E-state index in [2.05, 4.69) is 10.6 Å². The molecule has 3 rings (SSSR count). The fraction of sp³-hybridized carbons (Fsp3) is 0.136. The first-order valence-corrected chi connectivity index (χ1v) is 8.42. The quantitative estimate of drug-likeness (QED) is 0.683. The summed E-state index contributed by atoms with van der Waals surface area (Å²) in [5.41, 5.74) is 5.01. The molecule has 3 heteroatoms. The predicted octanol–water partition coefficient (Wildman–Crippen LogP) is 5.10.